The summed E-state index contributed by atoms with van der Waals surface area (Å²) in [6.07, 6.45) is 25.4. The van der Waals surface area contributed by atoms with E-state index in [0.717, 1.165) is 130 Å². The van der Waals surface area contributed by atoms with Crippen molar-refractivity contribution in [1.29, 1.82) is 0 Å². The molecule has 0 amide bonds. The molecule has 0 heterocycles. The molecule has 0 aliphatic carbocycles. The Labute approximate surface area is 463 Å². The van der Waals surface area contributed by atoms with Gasteiger partial charge in [0, 0.05) is 37.5 Å². The van der Waals surface area contributed by atoms with Crippen LogP contribution in [0.4, 0.5) is 0 Å². The molecule has 0 saturated carbocycles. The maximum Gasteiger partial charge on any atom is 0.330 e. The van der Waals surface area contributed by atoms with Crippen LogP contribution in [-0.4, -0.2) is 94.8 Å². The van der Waals surface area contributed by atoms with Crippen LogP contribution in [0.2, 0.25) is 0 Å². The fraction of sp³-hybridized carbons (Fsp3) is 0.524. The quantitative estimate of drug-likeness (QED) is 0.0225. The van der Waals surface area contributed by atoms with Gasteiger partial charge in [-0.15, -0.1) is 0 Å². The minimum atomic E-state index is -0.899. The number of hydrogen-bond acceptors (Lipinski definition) is 15. The molecule has 0 unspecified atom stereocenters. The molecule has 3 rings (SSSR count). The van der Waals surface area contributed by atoms with Crippen molar-refractivity contribution in [3.63, 3.8) is 0 Å². The molecule has 0 atom stereocenters. The Balaban J connectivity index is 1.29. The zero-order chi connectivity index (χ0) is 56.1. The predicted octanol–water partition coefficient (Wildman–Crippen LogP) is 13.1. The van der Waals surface area contributed by atoms with Crippen molar-refractivity contribution >= 4 is 54.0 Å². The third kappa shape index (κ3) is 34.0. The summed E-state index contributed by atoms with van der Waals surface area (Å²) in [5, 5.41) is 0. The number of carbonyl (C=O) groups is 6. The molecular weight excluding hydrogens is 997 g/mol. The van der Waals surface area contributed by atoms with Gasteiger partial charge in [-0.3, -0.25) is 14.4 Å². The lowest BCUT2D eigenvalue weighted by molar-refractivity contribution is -0.167. The zero-order valence-electron chi connectivity index (χ0n) is 46.6. The van der Waals surface area contributed by atoms with Gasteiger partial charge in [-0.25, -0.2) is 14.4 Å². The Morgan fingerprint density at radius 2 is 0.615 bits per heavy atom. The van der Waals surface area contributed by atoms with E-state index in [2.05, 4.69) is 0 Å². The van der Waals surface area contributed by atoms with Gasteiger partial charge < -0.3 is 42.6 Å². The summed E-state index contributed by atoms with van der Waals surface area (Å²) in [4.78, 5) is 73.0. The number of ether oxygens (including phenoxy) is 9. The van der Waals surface area contributed by atoms with Gasteiger partial charge in [0.25, 0.3) is 0 Å². The van der Waals surface area contributed by atoms with Crippen molar-refractivity contribution in [2.45, 2.75) is 162 Å². The Bertz CT molecular complexity index is 2110. The Morgan fingerprint density at radius 3 is 0.910 bits per heavy atom. The third-order valence-corrected chi connectivity index (χ3v) is 12.0. The average Bonchev–Trinajstić information content (AvgIpc) is 3.44. The molecule has 0 bridgehead atoms. The van der Waals surface area contributed by atoms with Crippen LogP contribution in [0, 0.1) is 0 Å². The van der Waals surface area contributed by atoms with Gasteiger partial charge in [-0.2, -0.15) is 0 Å². The predicted molar refractivity (Wildman–Crippen MR) is 302 cm³/mol. The second-order valence-electron chi connectivity index (χ2n) is 18.6. The van der Waals surface area contributed by atoms with E-state index >= 15 is 0 Å². The van der Waals surface area contributed by atoms with Crippen LogP contribution >= 0.6 is 0 Å². The standard InChI is InChI=1S/C63H86O15/c1-4-70-60(66)43-34-51-28-37-54(38-29-51)73-46-22-16-10-7-13-19-25-58(64)76-49-57(78-63(69)27-21-15-9-12-18-24-48-75-56-41-32-53(33-42-56)36-45-62(68)72-6-3)50-77-59(65)26-20-14-8-11-17-23-47-74-55-39-30-52(31-40-55)35-44-61(67)71-5-2/h28-45,57H,4-27,46-50H2,1-3H3/b43-34+,44-35+,45-36+. The first-order valence-electron chi connectivity index (χ1n) is 28.3. The smallest absolute Gasteiger partial charge is 0.330 e. The minimum Gasteiger partial charge on any atom is -0.494 e. The largest absolute Gasteiger partial charge is 0.494 e. The lowest BCUT2D eigenvalue weighted by atomic mass is 10.1. The maximum absolute atomic E-state index is 12.9. The Morgan fingerprint density at radius 1 is 0.346 bits per heavy atom. The number of hydrogen-bond donors (Lipinski definition) is 0. The molecule has 15 nitrogen and oxygen atoms in total. The van der Waals surface area contributed by atoms with E-state index in [1.807, 2.05) is 72.8 Å². The lowest BCUT2D eigenvalue weighted by Gasteiger charge is -2.18. The molecule has 0 aromatic heterocycles. The molecule has 3 aromatic carbocycles. The van der Waals surface area contributed by atoms with E-state index in [9.17, 15) is 28.8 Å². The van der Waals surface area contributed by atoms with Crippen LogP contribution in [0.25, 0.3) is 18.2 Å². The summed E-state index contributed by atoms with van der Waals surface area (Å²) >= 11 is 0. The van der Waals surface area contributed by atoms with Crippen LogP contribution in [0.5, 0.6) is 17.2 Å². The molecule has 78 heavy (non-hydrogen) atoms. The van der Waals surface area contributed by atoms with Crippen LogP contribution < -0.4 is 14.2 Å². The Kier molecular flexibility index (Phi) is 36.1. The first-order valence-corrected chi connectivity index (χ1v) is 28.3. The molecule has 428 valence electrons. The highest BCUT2D eigenvalue weighted by Gasteiger charge is 2.20. The average molecular weight is 1080 g/mol. The highest BCUT2D eigenvalue weighted by atomic mass is 16.6. The molecule has 0 fully saturated rings. The number of benzene rings is 3. The second kappa shape index (κ2) is 43.1. The van der Waals surface area contributed by atoms with E-state index in [0.29, 0.717) is 58.9 Å². The summed E-state index contributed by atoms with van der Waals surface area (Å²) < 4.78 is 49.1. The fourth-order valence-electron chi connectivity index (χ4n) is 7.77. The lowest BCUT2D eigenvalue weighted by Crippen LogP contribution is -2.30. The van der Waals surface area contributed by atoms with Gasteiger partial charge in [-0.05, 0) is 131 Å². The summed E-state index contributed by atoms with van der Waals surface area (Å²) in [5.74, 6) is -0.00952. The van der Waals surface area contributed by atoms with Gasteiger partial charge in [-0.1, -0.05) is 113 Å². The molecule has 0 N–H and O–H groups in total. The van der Waals surface area contributed by atoms with Crippen molar-refractivity contribution < 1.29 is 71.4 Å². The molecule has 0 radical (unpaired) electrons. The molecule has 0 saturated heterocycles. The number of carbonyl (C=O) groups excluding carboxylic acids is 6. The number of esters is 6. The van der Waals surface area contributed by atoms with Crippen LogP contribution in [0.15, 0.2) is 91.0 Å². The van der Waals surface area contributed by atoms with Gasteiger partial charge in [0.15, 0.2) is 6.10 Å². The highest BCUT2D eigenvalue weighted by Crippen LogP contribution is 2.19. The van der Waals surface area contributed by atoms with Gasteiger partial charge >= 0.3 is 35.8 Å². The summed E-state index contributed by atoms with van der Waals surface area (Å²) in [6.45, 7) is 7.72. The van der Waals surface area contributed by atoms with E-state index in [4.69, 9.17) is 42.6 Å². The minimum absolute atomic E-state index is 0.187. The van der Waals surface area contributed by atoms with Crippen molar-refractivity contribution in [1.82, 2.24) is 0 Å². The van der Waals surface area contributed by atoms with Gasteiger partial charge in [0.05, 0.1) is 39.6 Å². The van der Waals surface area contributed by atoms with Crippen LogP contribution in [-0.2, 0) is 57.2 Å². The SMILES string of the molecule is CCOC(=O)/C=C/c1ccc(OCCCCCCCCC(=O)OCC(COC(=O)CCCCCCCCOc2ccc(/C=C/C(=O)OCC)cc2)OC(=O)CCCCCCCCOc2ccc(/C=C/C(=O)OCC)cc2)cc1. The first kappa shape index (κ1) is 65.4. The van der Waals surface area contributed by atoms with Crippen molar-refractivity contribution in [2.24, 2.45) is 0 Å². The summed E-state index contributed by atoms with van der Waals surface area (Å²) in [6, 6.07) is 22.6. The van der Waals surface area contributed by atoms with Gasteiger partial charge in [0.1, 0.15) is 30.5 Å². The number of unbranched alkanes of at least 4 members (excludes halogenated alkanes) is 15. The normalized spacial score (nSPS) is 11.2. The first-order chi connectivity index (χ1) is 38.1. The van der Waals surface area contributed by atoms with Crippen LogP contribution in [0.1, 0.15) is 172 Å². The fourth-order valence-corrected chi connectivity index (χ4v) is 7.77. The monoisotopic (exact) mass is 1080 g/mol. The highest BCUT2D eigenvalue weighted by molar-refractivity contribution is 5.88. The van der Waals surface area contributed by atoms with Crippen LogP contribution in [0.3, 0.4) is 0 Å². The second-order valence-corrected chi connectivity index (χ2v) is 18.6. The zero-order valence-corrected chi connectivity index (χ0v) is 46.6. The van der Waals surface area contributed by atoms with Crippen molar-refractivity contribution in [2.75, 3.05) is 52.9 Å². The van der Waals surface area contributed by atoms with Gasteiger partial charge in [0.2, 0.25) is 0 Å². The number of rotatable bonds is 44. The molecule has 3 aromatic rings. The summed E-state index contributed by atoms with van der Waals surface area (Å²) in [5.41, 5.74) is 2.64. The van der Waals surface area contributed by atoms with Crippen molar-refractivity contribution in [3.8, 4) is 17.2 Å². The molecular formula is C63H86O15. The molecule has 15 heteroatoms. The third-order valence-electron chi connectivity index (χ3n) is 12.0. The maximum atomic E-state index is 12.9. The van der Waals surface area contributed by atoms with E-state index in [-0.39, 0.29) is 62.3 Å². The van der Waals surface area contributed by atoms with E-state index in [1.165, 1.54) is 18.2 Å². The molecule has 0 spiro atoms. The van der Waals surface area contributed by atoms with E-state index < -0.39 is 12.1 Å². The molecule has 0 aliphatic rings. The van der Waals surface area contributed by atoms with E-state index in [1.54, 1.807) is 39.0 Å². The van der Waals surface area contributed by atoms with Crippen molar-refractivity contribution in [3.05, 3.63) is 108 Å². The topological polar surface area (TPSA) is 185 Å². The molecule has 0 aliphatic heterocycles. The summed E-state index contributed by atoms with van der Waals surface area (Å²) in [7, 11) is 0. The Hall–Kier alpha value is -6.90.